The van der Waals surface area contributed by atoms with E-state index < -0.39 is 24.2 Å². The molecule has 0 aliphatic rings. The molecule has 0 spiro atoms. The number of hydrogen-bond donors (Lipinski definition) is 0. The Hall–Kier alpha value is -8.20. The number of rotatable bonds is 7. The van der Waals surface area contributed by atoms with Crippen LogP contribution in [0.5, 0.6) is 0 Å². The predicted octanol–water partition coefficient (Wildman–Crippen LogP) is 17.2. The summed E-state index contributed by atoms with van der Waals surface area (Å²) in [6.07, 6.45) is 0. The fraction of sp³-hybridized carbons (Fsp3) is 0. The zero-order valence-electron chi connectivity index (χ0n) is 41.3. The zero-order chi connectivity index (χ0) is 47.9. The molecule has 0 atom stereocenters. The highest BCUT2D eigenvalue weighted by molar-refractivity contribution is 6.19. The van der Waals surface area contributed by atoms with E-state index in [2.05, 4.69) is 12.1 Å². The van der Waals surface area contributed by atoms with Crippen molar-refractivity contribution < 1.29 is 15.4 Å². The summed E-state index contributed by atoms with van der Waals surface area (Å²) in [5.74, 6) is 0. The van der Waals surface area contributed by atoms with E-state index in [1.165, 1.54) is 4.90 Å². The lowest BCUT2D eigenvalue weighted by atomic mass is 9.93. The van der Waals surface area contributed by atoms with Gasteiger partial charge in [-0.3, -0.25) is 0 Å². The summed E-state index contributed by atoms with van der Waals surface area (Å²) in [6, 6.07) is 56.9. The maximum atomic E-state index is 9.85. The third-order valence-corrected chi connectivity index (χ3v) is 11.8. The minimum Gasteiger partial charge on any atom is -0.455 e. The summed E-state index contributed by atoms with van der Waals surface area (Å²) < 4.78 is 84.4. The molecular formula is C60H39NO. The second kappa shape index (κ2) is 14.8. The molecule has 11 aromatic carbocycles. The Morgan fingerprint density at radius 1 is 0.323 bits per heavy atom. The van der Waals surface area contributed by atoms with Crippen LogP contribution >= 0.6 is 0 Å². The van der Waals surface area contributed by atoms with Gasteiger partial charge in [-0.15, -0.1) is 0 Å². The van der Waals surface area contributed by atoms with Gasteiger partial charge in [-0.25, -0.2) is 0 Å². The van der Waals surface area contributed by atoms with Crippen molar-refractivity contribution in [3.63, 3.8) is 0 Å². The minimum absolute atomic E-state index is 0.0920. The number of furan rings is 1. The Balaban J connectivity index is 1.11. The predicted molar refractivity (Wildman–Crippen MR) is 263 cm³/mol. The van der Waals surface area contributed by atoms with Gasteiger partial charge in [0.2, 0.25) is 0 Å². The second-order valence-corrected chi connectivity index (χ2v) is 15.4. The average molecular weight is 798 g/mol. The molecule has 0 unspecified atom stereocenters. The number of nitrogens with zero attached hydrogens (tertiary/aromatic N) is 1. The average Bonchev–Trinajstić information content (AvgIpc) is 3.80. The van der Waals surface area contributed by atoms with E-state index in [1.54, 1.807) is 18.2 Å². The summed E-state index contributed by atoms with van der Waals surface area (Å²) >= 11 is 0. The smallest absolute Gasteiger partial charge is 0.143 e. The van der Waals surface area contributed by atoms with Crippen molar-refractivity contribution in [2.75, 3.05) is 4.90 Å². The van der Waals surface area contributed by atoms with Crippen LogP contribution < -0.4 is 4.90 Å². The van der Waals surface area contributed by atoms with E-state index >= 15 is 0 Å². The molecule has 2 nitrogen and oxygen atoms in total. The van der Waals surface area contributed by atoms with E-state index in [-0.39, 0.29) is 46.7 Å². The van der Waals surface area contributed by atoms with Gasteiger partial charge in [-0.2, -0.15) is 0 Å². The van der Waals surface area contributed by atoms with Crippen LogP contribution in [0.1, 0.15) is 11.0 Å². The van der Waals surface area contributed by atoms with Crippen LogP contribution in [-0.4, -0.2) is 0 Å². The first-order valence-corrected chi connectivity index (χ1v) is 20.6. The van der Waals surface area contributed by atoms with Gasteiger partial charge in [-0.1, -0.05) is 176 Å². The Morgan fingerprint density at radius 3 is 1.71 bits per heavy atom. The Kier molecular flexibility index (Phi) is 6.76. The molecule has 0 N–H and O–H groups in total. The summed E-state index contributed by atoms with van der Waals surface area (Å²) in [4.78, 5) is 1.37. The van der Waals surface area contributed by atoms with Gasteiger partial charge in [0.25, 0.3) is 0 Å². The van der Waals surface area contributed by atoms with E-state index in [1.807, 2.05) is 158 Å². The van der Waals surface area contributed by atoms with Crippen molar-refractivity contribution in [2.45, 2.75) is 0 Å². The topological polar surface area (TPSA) is 16.4 Å². The van der Waals surface area contributed by atoms with Crippen LogP contribution in [0.2, 0.25) is 0 Å². The molecule has 0 saturated heterocycles. The highest BCUT2D eigenvalue weighted by atomic mass is 16.3. The largest absolute Gasteiger partial charge is 0.455 e. The molecule has 0 radical (unpaired) electrons. The number of fused-ring (bicyclic) bond motifs is 8. The van der Waals surface area contributed by atoms with Gasteiger partial charge >= 0.3 is 0 Å². The van der Waals surface area contributed by atoms with Crippen molar-refractivity contribution in [3.05, 3.63) is 236 Å². The molecule has 1 heterocycles. The molecule has 12 aromatic rings. The lowest BCUT2D eigenvalue weighted by molar-refractivity contribution is 0.673. The SMILES string of the molecule is [2H]c1c([2H])c(N(c2cccc(-c3cccc4oc5c6ccccc6ccc5c34)c2)c2c([2H])c([2H])c(-c3cc4ccccc4c4ccccc34)c([2H])c2[2H])c([2H])c([2H])c1-c1cccc(-c2ccccc2)c1. The third kappa shape index (κ3) is 6.12. The molecule has 2 heteroatoms. The van der Waals surface area contributed by atoms with Crippen molar-refractivity contribution in [1.29, 1.82) is 0 Å². The van der Waals surface area contributed by atoms with Crippen LogP contribution in [0.25, 0.3) is 98.8 Å². The van der Waals surface area contributed by atoms with Crippen LogP contribution in [-0.2, 0) is 0 Å². The maximum absolute atomic E-state index is 9.85. The first-order valence-electron chi connectivity index (χ1n) is 24.6. The number of anilines is 3. The quantitative estimate of drug-likeness (QED) is 0.149. The molecule has 62 heavy (non-hydrogen) atoms. The maximum Gasteiger partial charge on any atom is 0.143 e. The molecular weight excluding hydrogens is 751 g/mol. The minimum atomic E-state index is -0.414. The first kappa shape index (κ1) is 28.3. The van der Waals surface area contributed by atoms with E-state index in [0.717, 1.165) is 65.4 Å². The zero-order valence-corrected chi connectivity index (χ0v) is 33.3. The molecule has 12 rings (SSSR count). The van der Waals surface area contributed by atoms with E-state index in [4.69, 9.17) is 4.42 Å². The number of hydrogen-bond acceptors (Lipinski definition) is 2. The van der Waals surface area contributed by atoms with Crippen molar-refractivity contribution >= 4 is 71.3 Å². The fourth-order valence-electron chi connectivity index (χ4n) is 8.84. The molecule has 0 bridgehead atoms. The second-order valence-electron chi connectivity index (χ2n) is 15.4. The summed E-state index contributed by atoms with van der Waals surface area (Å²) in [6.45, 7) is 0. The van der Waals surface area contributed by atoms with Gasteiger partial charge in [0.15, 0.2) is 0 Å². The standard InChI is InChI=1S/C60H39NO/c1-2-13-40(14-3-1)44-17-10-18-45(37-44)41-27-32-48(33-28-41)61(49-34-29-43(30-35-49)57-39-47-16-5-6-21-51(47)54-23-8-9-24-55(54)57)50-20-11-19-46(38-50)52-25-12-26-58-59(52)56-36-31-42-15-4-7-22-53(42)60(56)62-58/h1-39H/i27D,28D,29D,30D,32D,33D,34D,35D. The van der Waals surface area contributed by atoms with Crippen LogP contribution in [0.4, 0.5) is 17.1 Å². The number of benzene rings is 11. The Labute approximate surface area is 371 Å². The van der Waals surface area contributed by atoms with Crippen molar-refractivity contribution in [3.8, 4) is 44.5 Å². The lowest BCUT2D eigenvalue weighted by Gasteiger charge is -2.26. The molecule has 290 valence electrons. The lowest BCUT2D eigenvalue weighted by Crippen LogP contribution is -2.10. The first-order chi connectivity index (χ1) is 34.1. The van der Waals surface area contributed by atoms with Crippen molar-refractivity contribution in [1.82, 2.24) is 0 Å². The Bertz CT molecular complexity index is 4070. The molecule has 0 saturated carbocycles. The molecule has 0 amide bonds. The fourth-order valence-corrected chi connectivity index (χ4v) is 8.84. The van der Waals surface area contributed by atoms with Crippen molar-refractivity contribution in [2.24, 2.45) is 0 Å². The van der Waals surface area contributed by atoms with Gasteiger partial charge in [-0.05, 0) is 132 Å². The van der Waals surface area contributed by atoms with Crippen LogP contribution in [0.15, 0.2) is 241 Å². The van der Waals surface area contributed by atoms with Gasteiger partial charge in [0.05, 0.1) is 11.0 Å². The molecule has 0 fully saturated rings. The van der Waals surface area contributed by atoms with E-state index in [0.29, 0.717) is 28.0 Å². The highest BCUT2D eigenvalue weighted by Crippen LogP contribution is 2.43. The summed E-state index contributed by atoms with van der Waals surface area (Å²) in [5.41, 5.74) is 5.80. The Morgan fingerprint density at radius 2 is 0.919 bits per heavy atom. The highest BCUT2D eigenvalue weighted by Gasteiger charge is 2.18. The van der Waals surface area contributed by atoms with Gasteiger partial charge in [0, 0.05) is 33.2 Å². The van der Waals surface area contributed by atoms with E-state index in [9.17, 15) is 11.0 Å². The molecule has 0 aliphatic heterocycles. The van der Waals surface area contributed by atoms with Gasteiger partial charge < -0.3 is 9.32 Å². The van der Waals surface area contributed by atoms with Gasteiger partial charge in [0.1, 0.15) is 11.2 Å². The summed E-state index contributed by atoms with van der Waals surface area (Å²) in [7, 11) is 0. The van der Waals surface area contributed by atoms with Crippen LogP contribution in [0, 0.1) is 0 Å². The normalized spacial score (nSPS) is 13.4. The molecule has 1 aromatic heterocycles. The summed E-state index contributed by atoms with van der Waals surface area (Å²) in [5, 5.41) is 7.34. The van der Waals surface area contributed by atoms with Crippen LogP contribution in [0.3, 0.4) is 0 Å². The molecule has 0 aliphatic carbocycles. The monoisotopic (exact) mass is 797 g/mol. The third-order valence-electron chi connectivity index (χ3n) is 11.8.